The number of nitrogens with one attached hydrogen (secondary N) is 1. The van der Waals surface area contributed by atoms with Crippen molar-refractivity contribution in [2.75, 3.05) is 26.7 Å². The van der Waals surface area contributed by atoms with Crippen LogP contribution in [-0.2, 0) is 0 Å². The summed E-state index contributed by atoms with van der Waals surface area (Å²) in [6, 6.07) is 11.4. The van der Waals surface area contributed by atoms with E-state index in [0.717, 1.165) is 19.0 Å². The molecular weight excluding hydrogens is 236 g/mol. The highest BCUT2D eigenvalue weighted by atomic mass is 16.3. The molecule has 1 aromatic carbocycles. The molecule has 0 spiro atoms. The van der Waals surface area contributed by atoms with Crippen molar-refractivity contribution in [2.45, 2.75) is 37.8 Å². The molecule has 1 saturated heterocycles. The molecule has 0 saturated carbocycles. The summed E-state index contributed by atoms with van der Waals surface area (Å²) >= 11 is 0. The van der Waals surface area contributed by atoms with E-state index in [2.05, 4.69) is 41.5 Å². The Morgan fingerprint density at radius 2 is 2.16 bits per heavy atom. The van der Waals surface area contributed by atoms with Crippen LogP contribution >= 0.6 is 0 Å². The molecule has 2 unspecified atom stereocenters. The lowest BCUT2D eigenvalue weighted by atomic mass is 10.0. The van der Waals surface area contributed by atoms with Gasteiger partial charge in [-0.1, -0.05) is 30.3 Å². The van der Waals surface area contributed by atoms with Gasteiger partial charge in [-0.2, -0.15) is 0 Å². The maximum Gasteiger partial charge on any atom is 0.0449 e. The van der Waals surface area contributed by atoms with Gasteiger partial charge < -0.3 is 15.3 Å². The molecule has 1 aromatic rings. The molecule has 0 aliphatic carbocycles. The minimum absolute atomic E-state index is 0.232. The Hall–Kier alpha value is -0.900. The zero-order valence-corrected chi connectivity index (χ0v) is 11.9. The second kappa shape index (κ2) is 7.63. The van der Waals surface area contributed by atoms with Crippen molar-refractivity contribution >= 4 is 0 Å². The summed E-state index contributed by atoms with van der Waals surface area (Å²) in [4.78, 5) is 2.46. The second-order valence-electron chi connectivity index (χ2n) is 5.50. The van der Waals surface area contributed by atoms with Crippen molar-refractivity contribution in [3.63, 3.8) is 0 Å². The van der Waals surface area contributed by atoms with E-state index in [9.17, 15) is 5.11 Å². The molecule has 19 heavy (non-hydrogen) atoms. The van der Waals surface area contributed by atoms with Crippen LogP contribution in [0.3, 0.4) is 0 Å². The van der Waals surface area contributed by atoms with Crippen molar-refractivity contribution in [3.8, 4) is 0 Å². The van der Waals surface area contributed by atoms with Crippen LogP contribution < -0.4 is 5.32 Å². The highest BCUT2D eigenvalue weighted by Crippen LogP contribution is 2.19. The first-order valence-electron chi connectivity index (χ1n) is 7.40. The van der Waals surface area contributed by atoms with Crippen molar-refractivity contribution in [3.05, 3.63) is 35.9 Å². The molecule has 1 fully saturated rings. The quantitative estimate of drug-likeness (QED) is 0.790. The Morgan fingerprint density at radius 3 is 2.79 bits per heavy atom. The Balaban J connectivity index is 1.80. The standard InChI is InChI=1S/C16H26N2O/c1-18-12-5-8-15(18)9-11-17-16(10-13-19)14-6-3-2-4-7-14/h2-4,6-7,15-17,19H,5,8-13H2,1H3. The van der Waals surface area contributed by atoms with Gasteiger partial charge >= 0.3 is 0 Å². The van der Waals surface area contributed by atoms with Crippen LogP contribution in [0.25, 0.3) is 0 Å². The SMILES string of the molecule is CN1CCCC1CCNC(CCO)c1ccccc1. The van der Waals surface area contributed by atoms with Gasteiger partial charge in [-0.25, -0.2) is 0 Å². The van der Waals surface area contributed by atoms with E-state index in [0.29, 0.717) is 0 Å². The van der Waals surface area contributed by atoms with Crippen molar-refractivity contribution < 1.29 is 5.11 Å². The van der Waals surface area contributed by atoms with E-state index in [1.165, 1.54) is 31.4 Å². The van der Waals surface area contributed by atoms with Crippen LogP contribution in [0.5, 0.6) is 0 Å². The summed E-state index contributed by atoms with van der Waals surface area (Å²) in [5.41, 5.74) is 1.27. The number of nitrogens with zero attached hydrogens (tertiary/aromatic N) is 1. The molecular formula is C16H26N2O. The summed E-state index contributed by atoms with van der Waals surface area (Å²) in [5.74, 6) is 0. The number of likely N-dealkylation sites (tertiary alicyclic amines) is 1. The maximum atomic E-state index is 9.20. The summed E-state index contributed by atoms with van der Waals surface area (Å²) in [6.45, 7) is 2.49. The lowest BCUT2D eigenvalue weighted by Gasteiger charge is -2.22. The fourth-order valence-electron chi connectivity index (χ4n) is 2.97. The zero-order chi connectivity index (χ0) is 13.5. The van der Waals surface area contributed by atoms with Crippen LogP contribution in [0.4, 0.5) is 0 Å². The van der Waals surface area contributed by atoms with Crippen LogP contribution in [0.15, 0.2) is 30.3 Å². The topological polar surface area (TPSA) is 35.5 Å². The van der Waals surface area contributed by atoms with Crippen LogP contribution in [0.1, 0.15) is 37.3 Å². The molecule has 1 heterocycles. The van der Waals surface area contributed by atoms with E-state index < -0.39 is 0 Å². The third kappa shape index (κ3) is 4.30. The number of rotatable bonds is 7. The van der Waals surface area contributed by atoms with Crippen LogP contribution in [0.2, 0.25) is 0 Å². The fraction of sp³-hybridized carbons (Fsp3) is 0.625. The predicted octanol–water partition coefficient (Wildman–Crippen LogP) is 2.18. The Labute approximate surface area is 116 Å². The summed E-state index contributed by atoms with van der Waals surface area (Å²) < 4.78 is 0. The molecule has 0 amide bonds. The van der Waals surface area contributed by atoms with Gasteiger partial charge in [-0.3, -0.25) is 0 Å². The molecule has 3 heteroatoms. The first kappa shape index (κ1) is 14.5. The minimum atomic E-state index is 0.232. The smallest absolute Gasteiger partial charge is 0.0449 e. The molecule has 2 N–H and O–H groups in total. The molecule has 0 bridgehead atoms. The third-order valence-corrected chi connectivity index (χ3v) is 4.16. The van der Waals surface area contributed by atoms with Crippen LogP contribution in [0, 0.1) is 0 Å². The Bertz CT molecular complexity index is 355. The summed E-state index contributed by atoms with van der Waals surface area (Å²) in [5, 5.41) is 12.8. The van der Waals surface area contributed by atoms with E-state index in [-0.39, 0.29) is 12.6 Å². The predicted molar refractivity (Wildman–Crippen MR) is 79.2 cm³/mol. The van der Waals surface area contributed by atoms with Gasteiger partial charge in [-0.15, -0.1) is 0 Å². The van der Waals surface area contributed by atoms with Crippen molar-refractivity contribution in [1.29, 1.82) is 0 Å². The number of hydrogen-bond acceptors (Lipinski definition) is 3. The highest BCUT2D eigenvalue weighted by Gasteiger charge is 2.20. The third-order valence-electron chi connectivity index (χ3n) is 4.16. The zero-order valence-electron chi connectivity index (χ0n) is 11.9. The maximum absolute atomic E-state index is 9.20. The first-order valence-corrected chi connectivity index (χ1v) is 7.40. The number of aliphatic hydroxyl groups excluding tert-OH is 1. The number of benzene rings is 1. The molecule has 106 valence electrons. The largest absolute Gasteiger partial charge is 0.396 e. The van der Waals surface area contributed by atoms with Gasteiger partial charge in [0.2, 0.25) is 0 Å². The second-order valence-corrected chi connectivity index (χ2v) is 5.50. The Morgan fingerprint density at radius 1 is 1.37 bits per heavy atom. The average Bonchev–Trinajstić information content (AvgIpc) is 2.84. The number of hydrogen-bond donors (Lipinski definition) is 2. The minimum Gasteiger partial charge on any atom is -0.396 e. The summed E-state index contributed by atoms with van der Waals surface area (Å²) in [7, 11) is 2.22. The van der Waals surface area contributed by atoms with Crippen molar-refractivity contribution in [2.24, 2.45) is 0 Å². The molecule has 0 aromatic heterocycles. The molecule has 3 nitrogen and oxygen atoms in total. The van der Waals surface area contributed by atoms with Crippen LogP contribution in [-0.4, -0.2) is 42.8 Å². The first-order chi connectivity index (χ1) is 9.31. The summed E-state index contributed by atoms with van der Waals surface area (Å²) in [6.07, 6.45) is 4.64. The lowest BCUT2D eigenvalue weighted by Crippen LogP contribution is -2.31. The van der Waals surface area contributed by atoms with E-state index in [1.807, 2.05) is 6.07 Å². The molecule has 0 radical (unpaired) electrons. The molecule has 1 aliphatic heterocycles. The van der Waals surface area contributed by atoms with Gasteiger partial charge in [0.15, 0.2) is 0 Å². The van der Waals surface area contributed by atoms with Gasteiger partial charge in [-0.05, 0) is 51.4 Å². The van der Waals surface area contributed by atoms with Gasteiger partial charge in [0.1, 0.15) is 0 Å². The Kier molecular flexibility index (Phi) is 5.83. The van der Waals surface area contributed by atoms with Gasteiger partial charge in [0, 0.05) is 18.7 Å². The highest BCUT2D eigenvalue weighted by molar-refractivity contribution is 5.18. The average molecular weight is 262 g/mol. The van der Waals surface area contributed by atoms with Gasteiger partial charge in [0.25, 0.3) is 0 Å². The molecule has 1 aliphatic rings. The number of aliphatic hydroxyl groups is 1. The normalized spacial score (nSPS) is 21.7. The fourth-order valence-corrected chi connectivity index (χ4v) is 2.97. The van der Waals surface area contributed by atoms with E-state index in [1.54, 1.807) is 0 Å². The molecule has 2 rings (SSSR count). The molecule has 2 atom stereocenters. The monoisotopic (exact) mass is 262 g/mol. The van der Waals surface area contributed by atoms with Gasteiger partial charge in [0.05, 0.1) is 0 Å². The van der Waals surface area contributed by atoms with E-state index >= 15 is 0 Å². The van der Waals surface area contributed by atoms with Crippen molar-refractivity contribution in [1.82, 2.24) is 10.2 Å². The van der Waals surface area contributed by atoms with E-state index in [4.69, 9.17) is 0 Å². The lowest BCUT2D eigenvalue weighted by molar-refractivity contribution is 0.257.